The molecule has 0 unspecified atom stereocenters. The van der Waals surface area contributed by atoms with Gasteiger partial charge in [0.25, 0.3) is 0 Å². The summed E-state index contributed by atoms with van der Waals surface area (Å²) in [6, 6.07) is 13.9. The van der Waals surface area contributed by atoms with Crippen LogP contribution in [0.5, 0.6) is 5.75 Å². The third-order valence-corrected chi connectivity index (χ3v) is 4.01. The van der Waals surface area contributed by atoms with Crippen LogP contribution in [0.2, 0.25) is 0 Å². The van der Waals surface area contributed by atoms with E-state index in [1.54, 1.807) is 7.11 Å². The minimum atomic E-state index is -0.208. The number of methoxy groups -OCH3 is 1. The molecule has 134 valence electrons. The number of ether oxygens (including phenoxy) is 1. The Balaban J connectivity index is 1.59. The van der Waals surface area contributed by atoms with Gasteiger partial charge in [0.2, 0.25) is 11.8 Å². The Morgan fingerprint density at radius 3 is 2.50 bits per heavy atom. The van der Waals surface area contributed by atoms with E-state index in [1.807, 2.05) is 56.3 Å². The molecule has 3 aromatic rings. The van der Waals surface area contributed by atoms with Crippen LogP contribution in [-0.2, 0) is 17.6 Å². The monoisotopic (exact) mass is 351 g/mol. The summed E-state index contributed by atoms with van der Waals surface area (Å²) < 4.78 is 10.7. The molecule has 0 aliphatic carbocycles. The Hall–Kier alpha value is -3.15. The summed E-state index contributed by atoms with van der Waals surface area (Å²) in [6.45, 7) is 3.98. The average Bonchev–Trinajstić information content (AvgIpc) is 3.04. The van der Waals surface area contributed by atoms with Gasteiger partial charge in [-0.1, -0.05) is 47.1 Å². The number of benzene rings is 2. The van der Waals surface area contributed by atoms with Crippen LogP contribution in [0.4, 0.5) is 6.01 Å². The average molecular weight is 351 g/mol. The predicted molar refractivity (Wildman–Crippen MR) is 98.3 cm³/mol. The first-order chi connectivity index (χ1) is 12.5. The SMILES string of the molecule is COc1ccc(CC(=O)Nc2nnc(Cc3ccc(C)cc3)o2)cc1C. The van der Waals surface area contributed by atoms with Crippen LogP contribution in [0.25, 0.3) is 0 Å². The lowest BCUT2D eigenvalue weighted by Crippen LogP contribution is -2.14. The third kappa shape index (κ3) is 4.47. The Kier molecular flexibility index (Phi) is 5.31. The van der Waals surface area contributed by atoms with Gasteiger partial charge in [-0.3, -0.25) is 10.1 Å². The van der Waals surface area contributed by atoms with Crippen LogP contribution in [0.15, 0.2) is 46.9 Å². The molecule has 0 saturated heterocycles. The van der Waals surface area contributed by atoms with Gasteiger partial charge in [0.05, 0.1) is 20.0 Å². The van der Waals surface area contributed by atoms with Crippen LogP contribution in [0.1, 0.15) is 28.1 Å². The fourth-order valence-electron chi connectivity index (χ4n) is 2.66. The Morgan fingerprint density at radius 2 is 1.81 bits per heavy atom. The fraction of sp³-hybridized carbons (Fsp3) is 0.250. The maximum absolute atomic E-state index is 12.2. The van der Waals surface area contributed by atoms with Gasteiger partial charge in [-0.25, -0.2) is 0 Å². The zero-order chi connectivity index (χ0) is 18.5. The molecule has 0 spiro atoms. The number of aryl methyl sites for hydroxylation is 2. The molecular formula is C20H21N3O3. The highest BCUT2D eigenvalue weighted by atomic mass is 16.5. The van der Waals surface area contributed by atoms with Gasteiger partial charge in [0.1, 0.15) is 5.75 Å². The largest absolute Gasteiger partial charge is 0.496 e. The summed E-state index contributed by atoms with van der Waals surface area (Å²) in [4.78, 5) is 12.2. The number of aromatic nitrogens is 2. The van der Waals surface area contributed by atoms with E-state index in [9.17, 15) is 4.79 Å². The lowest BCUT2D eigenvalue weighted by atomic mass is 10.1. The number of hydrogen-bond acceptors (Lipinski definition) is 5. The second-order valence-corrected chi connectivity index (χ2v) is 6.19. The van der Waals surface area contributed by atoms with E-state index in [-0.39, 0.29) is 18.3 Å². The summed E-state index contributed by atoms with van der Waals surface area (Å²) in [5.41, 5.74) is 4.14. The van der Waals surface area contributed by atoms with Crippen molar-refractivity contribution >= 4 is 11.9 Å². The molecule has 2 aromatic carbocycles. The highest BCUT2D eigenvalue weighted by molar-refractivity contribution is 5.90. The van der Waals surface area contributed by atoms with Crippen LogP contribution < -0.4 is 10.1 Å². The molecule has 1 heterocycles. The molecule has 3 rings (SSSR count). The number of anilines is 1. The minimum Gasteiger partial charge on any atom is -0.496 e. The highest BCUT2D eigenvalue weighted by Gasteiger charge is 2.11. The lowest BCUT2D eigenvalue weighted by molar-refractivity contribution is -0.115. The van der Waals surface area contributed by atoms with E-state index in [4.69, 9.17) is 9.15 Å². The van der Waals surface area contributed by atoms with Crippen molar-refractivity contribution in [1.29, 1.82) is 0 Å². The van der Waals surface area contributed by atoms with E-state index < -0.39 is 0 Å². The first-order valence-corrected chi connectivity index (χ1v) is 8.35. The molecule has 0 bridgehead atoms. The zero-order valence-corrected chi connectivity index (χ0v) is 15.1. The summed E-state index contributed by atoms with van der Waals surface area (Å²) in [5, 5.41) is 10.5. The first kappa shape index (κ1) is 17.7. The van der Waals surface area contributed by atoms with Gasteiger partial charge in [0.15, 0.2) is 0 Å². The van der Waals surface area contributed by atoms with Gasteiger partial charge >= 0.3 is 6.01 Å². The van der Waals surface area contributed by atoms with Crippen LogP contribution in [0, 0.1) is 13.8 Å². The third-order valence-electron chi connectivity index (χ3n) is 4.01. The molecular weight excluding hydrogens is 330 g/mol. The number of amides is 1. The van der Waals surface area contributed by atoms with Gasteiger partial charge in [-0.05, 0) is 36.6 Å². The van der Waals surface area contributed by atoms with Crippen molar-refractivity contribution in [3.05, 3.63) is 70.6 Å². The summed E-state index contributed by atoms with van der Waals surface area (Å²) >= 11 is 0. The molecule has 6 heteroatoms. The molecule has 1 aromatic heterocycles. The predicted octanol–water partition coefficient (Wildman–Crippen LogP) is 3.47. The normalized spacial score (nSPS) is 10.6. The van der Waals surface area contributed by atoms with Crippen molar-refractivity contribution in [2.24, 2.45) is 0 Å². The molecule has 0 fully saturated rings. The number of nitrogens with one attached hydrogen (secondary N) is 1. The zero-order valence-electron chi connectivity index (χ0n) is 15.1. The van der Waals surface area contributed by atoms with Gasteiger partial charge in [-0.15, -0.1) is 5.10 Å². The van der Waals surface area contributed by atoms with Gasteiger partial charge in [-0.2, -0.15) is 0 Å². The summed E-state index contributed by atoms with van der Waals surface area (Å²) in [6.07, 6.45) is 0.751. The molecule has 0 radical (unpaired) electrons. The maximum Gasteiger partial charge on any atom is 0.322 e. The maximum atomic E-state index is 12.2. The van der Waals surface area contributed by atoms with Crippen LogP contribution in [0.3, 0.4) is 0 Å². The molecule has 1 N–H and O–H groups in total. The second-order valence-electron chi connectivity index (χ2n) is 6.19. The van der Waals surface area contributed by atoms with Crippen molar-refractivity contribution in [2.75, 3.05) is 12.4 Å². The topological polar surface area (TPSA) is 77.2 Å². The van der Waals surface area contributed by atoms with Gasteiger partial charge < -0.3 is 9.15 Å². The highest BCUT2D eigenvalue weighted by Crippen LogP contribution is 2.19. The standard InChI is InChI=1S/C20H21N3O3/c1-13-4-6-15(7-5-13)12-19-22-23-20(26-19)21-18(24)11-16-8-9-17(25-3)14(2)10-16/h4-10H,11-12H2,1-3H3,(H,21,23,24). The smallest absolute Gasteiger partial charge is 0.322 e. The molecule has 1 amide bonds. The molecule has 26 heavy (non-hydrogen) atoms. The van der Waals surface area contributed by atoms with Crippen molar-refractivity contribution < 1.29 is 13.9 Å². The molecule has 6 nitrogen and oxygen atoms in total. The van der Waals surface area contributed by atoms with E-state index in [0.717, 1.165) is 22.4 Å². The van der Waals surface area contributed by atoms with Crippen LogP contribution in [-0.4, -0.2) is 23.2 Å². The molecule has 0 aliphatic rings. The van der Waals surface area contributed by atoms with E-state index in [0.29, 0.717) is 12.3 Å². The Bertz CT molecular complexity index is 901. The summed E-state index contributed by atoms with van der Waals surface area (Å²) in [5.74, 6) is 1.05. The van der Waals surface area contributed by atoms with Crippen molar-refractivity contribution in [3.63, 3.8) is 0 Å². The quantitative estimate of drug-likeness (QED) is 0.736. The second kappa shape index (κ2) is 7.82. The lowest BCUT2D eigenvalue weighted by Gasteiger charge is -2.07. The van der Waals surface area contributed by atoms with Gasteiger partial charge in [0, 0.05) is 0 Å². The van der Waals surface area contributed by atoms with Crippen molar-refractivity contribution in [3.8, 4) is 5.75 Å². The van der Waals surface area contributed by atoms with E-state index >= 15 is 0 Å². The van der Waals surface area contributed by atoms with Crippen molar-refractivity contribution in [1.82, 2.24) is 10.2 Å². The number of rotatable bonds is 6. The first-order valence-electron chi connectivity index (χ1n) is 8.35. The van der Waals surface area contributed by atoms with E-state index in [1.165, 1.54) is 5.56 Å². The van der Waals surface area contributed by atoms with Crippen molar-refractivity contribution in [2.45, 2.75) is 26.7 Å². The summed E-state index contributed by atoms with van der Waals surface area (Å²) in [7, 11) is 1.62. The molecule has 0 saturated carbocycles. The van der Waals surface area contributed by atoms with Crippen LogP contribution >= 0.6 is 0 Å². The number of carbonyl (C=O) groups is 1. The number of hydrogen-bond donors (Lipinski definition) is 1. The van der Waals surface area contributed by atoms with E-state index in [2.05, 4.69) is 15.5 Å². The Morgan fingerprint density at radius 1 is 1.08 bits per heavy atom. The molecule has 0 aliphatic heterocycles. The minimum absolute atomic E-state index is 0.113. The number of carbonyl (C=O) groups excluding carboxylic acids is 1. The number of nitrogens with zero attached hydrogens (tertiary/aromatic N) is 2. The fourth-order valence-corrected chi connectivity index (χ4v) is 2.66. The molecule has 0 atom stereocenters. The Labute approximate surface area is 152 Å².